The Morgan fingerprint density at radius 1 is 1.38 bits per heavy atom. The van der Waals surface area contributed by atoms with E-state index in [0.29, 0.717) is 4.47 Å². The summed E-state index contributed by atoms with van der Waals surface area (Å²) in [5.41, 5.74) is 0.939. The van der Waals surface area contributed by atoms with E-state index in [1.165, 1.54) is 6.07 Å². The zero-order valence-electron chi connectivity index (χ0n) is 12.4. The molecule has 114 valence electrons. The van der Waals surface area contributed by atoms with Crippen LogP contribution in [0.15, 0.2) is 35.1 Å². The lowest BCUT2D eigenvalue weighted by molar-refractivity contribution is 0.500. The van der Waals surface area contributed by atoms with E-state index in [1.54, 1.807) is 6.07 Å². The number of imidazole rings is 1. The number of benzene rings is 1. The van der Waals surface area contributed by atoms with Crippen molar-refractivity contribution < 1.29 is 4.39 Å². The zero-order valence-corrected chi connectivity index (χ0v) is 14.0. The number of nitrogens with one attached hydrogen (secondary N) is 1. The number of rotatable bonds is 7. The van der Waals surface area contributed by atoms with Crippen molar-refractivity contribution in [1.29, 1.82) is 0 Å². The van der Waals surface area contributed by atoms with Gasteiger partial charge < -0.3 is 9.88 Å². The molecule has 1 aromatic carbocycles. The minimum absolute atomic E-state index is 0.0442. The summed E-state index contributed by atoms with van der Waals surface area (Å²) < 4.78 is 16.4. The molecule has 0 saturated heterocycles. The predicted molar refractivity (Wildman–Crippen MR) is 86.7 cm³/mol. The van der Waals surface area contributed by atoms with Gasteiger partial charge in [0.2, 0.25) is 0 Å². The molecule has 0 amide bonds. The van der Waals surface area contributed by atoms with Crippen LogP contribution >= 0.6 is 15.9 Å². The molecule has 21 heavy (non-hydrogen) atoms. The Kier molecular flexibility index (Phi) is 5.94. The van der Waals surface area contributed by atoms with E-state index in [0.717, 1.165) is 37.3 Å². The standard InChI is InChI=1S/C16H21BrFN3/c1-3-8-19-14(11-15-20-9-10-21(15)4-2)12-6-5-7-13(18)16(12)17/h5-7,9-10,14,19H,3-4,8,11H2,1-2H3. The summed E-state index contributed by atoms with van der Waals surface area (Å²) in [5, 5.41) is 3.49. The van der Waals surface area contributed by atoms with Gasteiger partial charge in [-0.2, -0.15) is 0 Å². The van der Waals surface area contributed by atoms with Gasteiger partial charge in [0.15, 0.2) is 0 Å². The monoisotopic (exact) mass is 353 g/mol. The minimum atomic E-state index is -0.227. The van der Waals surface area contributed by atoms with Crippen LogP contribution in [0.4, 0.5) is 4.39 Å². The quantitative estimate of drug-likeness (QED) is 0.812. The first-order valence-corrected chi connectivity index (χ1v) is 8.14. The molecule has 0 aliphatic rings. The van der Waals surface area contributed by atoms with Crippen LogP contribution in [0.5, 0.6) is 0 Å². The second kappa shape index (κ2) is 7.71. The Balaban J connectivity index is 2.28. The van der Waals surface area contributed by atoms with Crippen LogP contribution in [0.1, 0.15) is 37.7 Å². The van der Waals surface area contributed by atoms with Crippen molar-refractivity contribution in [3.63, 3.8) is 0 Å². The molecular formula is C16H21BrFN3. The molecule has 1 aromatic heterocycles. The van der Waals surface area contributed by atoms with Gasteiger partial charge in [0.05, 0.1) is 4.47 Å². The van der Waals surface area contributed by atoms with Crippen LogP contribution in [0, 0.1) is 5.82 Å². The smallest absolute Gasteiger partial charge is 0.137 e. The summed E-state index contributed by atoms with van der Waals surface area (Å²) >= 11 is 3.37. The van der Waals surface area contributed by atoms with Gasteiger partial charge in [0.1, 0.15) is 11.6 Å². The molecular weight excluding hydrogens is 333 g/mol. The highest BCUT2D eigenvalue weighted by Crippen LogP contribution is 2.28. The van der Waals surface area contributed by atoms with E-state index in [2.05, 4.69) is 44.6 Å². The average molecular weight is 354 g/mol. The lowest BCUT2D eigenvalue weighted by atomic mass is 10.0. The van der Waals surface area contributed by atoms with Gasteiger partial charge in [-0.3, -0.25) is 0 Å². The van der Waals surface area contributed by atoms with E-state index in [-0.39, 0.29) is 11.9 Å². The van der Waals surface area contributed by atoms with Gasteiger partial charge in [-0.25, -0.2) is 9.37 Å². The Labute approximate surface area is 133 Å². The summed E-state index contributed by atoms with van der Waals surface area (Å²) in [6, 6.07) is 5.22. The fourth-order valence-electron chi connectivity index (χ4n) is 2.40. The molecule has 0 spiro atoms. The Morgan fingerprint density at radius 3 is 2.90 bits per heavy atom. The van der Waals surface area contributed by atoms with Crippen LogP contribution in [0.3, 0.4) is 0 Å². The molecule has 2 aromatic rings. The molecule has 0 radical (unpaired) electrons. The molecule has 5 heteroatoms. The molecule has 1 unspecified atom stereocenters. The summed E-state index contributed by atoms with van der Waals surface area (Å²) in [6.45, 7) is 6.00. The third-order valence-electron chi connectivity index (χ3n) is 3.53. The Morgan fingerprint density at radius 2 is 2.19 bits per heavy atom. The molecule has 0 fully saturated rings. The minimum Gasteiger partial charge on any atom is -0.335 e. The Hall–Kier alpha value is -1.20. The van der Waals surface area contributed by atoms with Crippen LogP contribution in [0.25, 0.3) is 0 Å². The second-order valence-corrected chi connectivity index (χ2v) is 5.78. The van der Waals surface area contributed by atoms with Crippen molar-refractivity contribution in [2.45, 2.75) is 39.3 Å². The predicted octanol–water partition coefficient (Wildman–Crippen LogP) is 4.09. The van der Waals surface area contributed by atoms with Crippen molar-refractivity contribution in [3.8, 4) is 0 Å². The van der Waals surface area contributed by atoms with Crippen molar-refractivity contribution in [2.75, 3.05) is 6.54 Å². The number of hydrogen-bond donors (Lipinski definition) is 1. The maximum absolute atomic E-state index is 13.8. The van der Waals surface area contributed by atoms with Crippen molar-refractivity contribution in [2.24, 2.45) is 0 Å². The summed E-state index contributed by atoms with van der Waals surface area (Å²) in [7, 11) is 0. The normalized spacial score (nSPS) is 12.6. The molecule has 0 bridgehead atoms. The van der Waals surface area contributed by atoms with E-state index >= 15 is 0 Å². The Bertz CT molecular complexity index is 583. The first-order valence-electron chi connectivity index (χ1n) is 7.34. The lowest BCUT2D eigenvalue weighted by Gasteiger charge is -2.20. The van der Waals surface area contributed by atoms with Crippen LogP contribution in [0.2, 0.25) is 0 Å². The van der Waals surface area contributed by atoms with Gasteiger partial charge in [0, 0.05) is 31.4 Å². The zero-order chi connectivity index (χ0) is 15.2. The number of aryl methyl sites for hydroxylation is 1. The highest BCUT2D eigenvalue weighted by Gasteiger charge is 2.18. The average Bonchev–Trinajstić information content (AvgIpc) is 2.93. The SMILES string of the molecule is CCCNC(Cc1nccn1CC)c1cccc(F)c1Br. The van der Waals surface area contributed by atoms with Crippen LogP contribution < -0.4 is 5.32 Å². The molecule has 0 aliphatic carbocycles. The highest BCUT2D eigenvalue weighted by molar-refractivity contribution is 9.10. The van der Waals surface area contributed by atoms with Crippen molar-refractivity contribution in [1.82, 2.24) is 14.9 Å². The van der Waals surface area contributed by atoms with Gasteiger partial charge in [-0.1, -0.05) is 19.1 Å². The van der Waals surface area contributed by atoms with Gasteiger partial charge >= 0.3 is 0 Å². The molecule has 0 saturated carbocycles. The first kappa shape index (κ1) is 16.2. The molecule has 2 rings (SSSR count). The fraction of sp³-hybridized carbons (Fsp3) is 0.438. The maximum atomic E-state index is 13.8. The van der Waals surface area contributed by atoms with E-state index in [9.17, 15) is 4.39 Å². The third-order valence-corrected chi connectivity index (χ3v) is 4.36. The molecule has 1 N–H and O–H groups in total. The van der Waals surface area contributed by atoms with Crippen molar-refractivity contribution in [3.05, 3.63) is 52.3 Å². The number of nitrogens with zero attached hydrogens (tertiary/aromatic N) is 2. The summed E-state index contributed by atoms with van der Waals surface area (Å²) in [4.78, 5) is 4.43. The topological polar surface area (TPSA) is 29.9 Å². The van der Waals surface area contributed by atoms with Gasteiger partial charge in [-0.15, -0.1) is 0 Å². The second-order valence-electron chi connectivity index (χ2n) is 4.98. The van der Waals surface area contributed by atoms with E-state index in [1.807, 2.05) is 18.5 Å². The highest BCUT2D eigenvalue weighted by atomic mass is 79.9. The van der Waals surface area contributed by atoms with Gasteiger partial charge in [0.25, 0.3) is 0 Å². The summed E-state index contributed by atoms with van der Waals surface area (Å²) in [5.74, 6) is 0.789. The van der Waals surface area contributed by atoms with Crippen LogP contribution in [-0.4, -0.2) is 16.1 Å². The summed E-state index contributed by atoms with van der Waals surface area (Å²) in [6.07, 6.45) is 5.57. The fourth-order valence-corrected chi connectivity index (χ4v) is 2.94. The largest absolute Gasteiger partial charge is 0.335 e. The molecule has 0 aliphatic heterocycles. The lowest BCUT2D eigenvalue weighted by Crippen LogP contribution is -2.26. The molecule has 1 heterocycles. The third kappa shape index (κ3) is 3.92. The number of hydrogen-bond acceptors (Lipinski definition) is 2. The molecule has 3 nitrogen and oxygen atoms in total. The number of halogens is 2. The maximum Gasteiger partial charge on any atom is 0.137 e. The van der Waals surface area contributed by atoms with Crippen molar-refractivity contribution >= 4 is 15.9 Å². The van der Waals surface area contributed by atoms with Crippen LogP contribution in [-0.2, 0) is 13.0 Å². The number of aromatic nitrogens is 2. The first-order chi connectivity index (χ1) is 10.2. The van der Waals surface area contributed by atoms with E-state index < -0.39 is 0 Å². The van der Waals surface area contributed by atoms with Gasteiger partial charge in [-0.05, 0) is 47.4 Å². The molecule has 1 atom stereocenters. The van der Waals surface area contributed by atoms with E-state index in [4.69, 9.17) is 0 Å².